The van der Waals surface area contributed by atoms with Crippen molar-refractivity contribution in [1.82, 2.24) is 4.57 Å². The van der Waals surface area contributed by atoms with Crippen molar-refractivity contribution in [3.63, 3.8) is 0 Å². The topological polar surface area (TPSA) is 8.17 Å². The van der Waals surface area contributed by atoms with Crippen LogP contribution in [0.15, 0.2) is 163 Å². The van der Waals surface area contributed by atoms with E-state index in [0.717, 1.165) is 12.1 Å². The molecule has 0 spiro atoms. The van der Waals surface area contributed by atoms with Crippen molar-refractivity contribution in [2.24, 2.45) is 5.41 Å². The van der Waals surface area contributed by atoms with E-state index >= 15 is 0 Å². The van der Waals surface area contributed by atoms with E-state index in [1.54, 1.807) is 0 Å². The molecule has 9 rings (SSSR count). The first-order chi connectivity index (χ1) is 22.4. The minimum absolute atomic E-state index is 0.0257. The molecular weight excluding hydrogens is 556 g/mol. The van der Waals surface area contributed by atoms with Crippen molar-refractivity contribution in [2.45, 2.75) is 32.6 Å². The Morgan fingerprint density at radius 3 is 2.24 bits per heavy atom. The van der Waals surface area contributed by atoms with E-state index in [2.05, 4.69) is 182 Å². The number of aromatic nitrogens is 1. The van der Waals surface area contributed by atoms with Crippen molar-refractivity contribution in [3.8, 4) is 16.8 Å². The molecule has 0 amide bonds. The maximum absolute atomic E-state index is 2.47. The molecule has 1 heterocycles. The SMILES string of the molecule is CC12C=CC=CC1=CC(N(c1ccc3c(c1)-c1ccccc1C3(C)C)c1ccc3c(c1)c1ccccc1n3-c1ccccc1)=CC2. The van der Waals surface area contributed by atoms with Gasteiger partial charge in [0.1, 0.15) is 0 Å². The zero-order valence-corrected chi connectivity index (χ0v) is 26.5. The number of hydrogen-bond acceptors (Lipinski definition) is 1. The zero-order chi connectivity index (χ0) is 31.0. The smallest absolute Gasteiger partial charge is 0.0542 e. The summed E-state index contributed by atoms with van der Waals surface area (Å²) in [7, 11) is 0. The minimum Gasteiger partial charge on any atom is -0.311 e. The third-order valence-corrected chi connectivity index (χ3v) is 10.6. The first kappa shape index (κ1) is 27.0. The Kier molecular flexibility index (Phi) is 5.77. The Hall–Kier alpha value is -5.34. The third-order valence-electron chi connectivity index (χ3n) is 10.6. The van der Waals surface area contributed by atoms with Crippen molar-refractivity contribution in [3.05, 3.63) is 174 Å². The van der Waals surface area contributed by atoms with Crippen LogP contribution in [0.5, 0.6) is 0 Å². The Morgan fingerprint density at radius 2 is 1.35 bits per heavy atom. The summed E-state index contributed by atoms with van der Waals surface area (Å²) >= 11 is 0. The standard InChI is InChI=1S/C44H36N2/c1-43(2)39-18-9-7-16-35(39)37-28-32(20-22-40(37)43)45(34-24-26-44(3)25-12-11-13-30(44)27-34)33-21-23-42-38(29-33)36-17-8-10-19-41(36)46(42)31-14-5-4-6-15-31/h4-25,27-29H,26H2,1-3H3. The number of fused-ring (bicyclic) bond motifs is 7. The molecule has 1 aromatic heterocycles. The molecule has 5 aromatic carbocycles. The summed E-state index contributed by atoms with van der Waals surface area (Å²) in [6, 6.07) is 42.5. The highest BCUT2D eigenvalue weighted by Gasteiger charge is 2.36. The van der Waals surface area contributed by atoms with E-state index in [9.17, 15) is 0 Å². The number of allylic oxidation sites excluding steroid dienone is 7. The summed E-state index contributed by atoms with van der Waals surface area (Å²) in [5.41, 5.74) is 14.0. The van der Waals surface area contributed by atoms with Crippen LogP contribution in [-0.2, 0) is 5.41 Å². The second kappa shape index (κ2) is 9.83. The lowest BCUT2D eigenvalue weighted by molar-refractivity contribution is 0.523. The van der Waals surface area contributed by atoms with Gasteiger partial charge in [-0.05, 0) is 88.9 Å². The van der Waals surface area contributed by atoms with Gasteiger partial charge in [0.05, 0.1) is 11.0 Å². The number of hydrogen-bond donors (Lipinski definition) is 0. The molecule has 2 heteroatoms. The average Bonchev–Trinajstić information content (AvgIpc) is 3.53. The molecule has 0 bridgehead atoms. The number of anilines is 2. The number of rotatable bonds is 4. The van der Waals surface area contributed by atoms with Gasteiger partial charge in [0.15, 0.2) is 0 Å². The second-order valence-electron chi connectivity index (χ2n) is 13.7. The molecule has 1 unspecified atom stereocenters. The van der Waals surface area contributed by atoms with Crippen LogP contribution in [0.4, 0.5) is 11.4 Å². The molecule has 1 atom stereocenters. The first-order valence-electron chi connectivity index (χ1n) is 16.3. The predicted octanol–water partition coefficient (Wildman–Crippen LogP) is 11.6. The first-order valence-corrected chi connectivity index (χ1v) is 16.3. The molecule has 0 saturated heterocycles. The molecule has 0 saturated carbocycles. The highest BCUT2D eigenvalue weighted by Crippen LogP contribution is 2.51. The summed E-state index contributed by atoms with van der Waals surface area (Å²) < 4.78 is 2.39. The monoisotopic (exact) mass is 592 g/mol. The van der Waals surface area contributed by atoms with Crippen molar-refractivity contribution >= 4 is 33.2 Å². The molecule has 0 aliphatic heterocycles. The normalized spacial score (nSPS) is 19.0. The fourth-order valence-electron chi connectivity index (χ4n) is 8.05. The average molecular weight is 593 g/mol. The van der Waals surface area contributed by atoms with Crippen molar-refractivity contribution < 1.29 is 0 Å². The van der Waals surface area contributed by atoms with Crippen LogP contribution < -0.4 is 4.90 Å². The van der Waals surface area contributed by atoms with Crippen LogP contribution in [0.25, 0.3) is 38.6 Å². The molecule has 2 nitrogen and oxygen atoms in total. The van der Waals surface area contributed by atoms with Crippen LogP contribution in [0.1, 0.15) is 38.3 Å². The second-order valence-corrected chi connectivity index (χ2v) is 13.7. The zero-order valence-electron chi connectivity index (χ0n) is 26.5. The lowest BCUT2D eigenvalue weighted by Gasteiger charge is -2.36. The molecule has 46 heavy (non-hydrogen) atoms. The molecule has 0 N–H and O–H groups in total. The molecule has 6 aromatic rings. The fraction of sp³-hybridized carbons (Fsp3) is 0.136. The summed E-state index contributed by atoms with van der Waals surface area (Å²) in [5, 5.41) is 2.51. The van der Waals surface area contributed by atoms with Crippen molar-refractivity contribution in [1.29, 1.82) is 0 Å². The predicted molar refractivity (Wildman–Crippen MR) is 194 cm³/mol. The Morgan fingerprint density at radius 1 is 0.630 bits per heavy atom. The molecule has 0 fully saturated rings. The highest BCUT2D eigenvalue weighted by atomic mass is 15.1. The Labute approximate surface area is 270 Å². The Balaban J connectivity index is 1.27. The van der Waals surface area contributed by atoms with Crippen LogP contribution >= 0.6 is 0 Å². The fourth-order valence-corrected chi connectivity index (χ4v) is 8.05. The number of benzene rings is 5. The van der Waals surface area contributed by atoms with E-state index < -0.39 is 0 Å². The quantitative estimate of drug-likeness (QED) is 0.198. The van der Waals surface area contributed by atoms with Crippen LogP contribution in [-0.4, -0.2) is 4.57 Å². The summed E-state index contributed by atoms with van der Waals surface area (Å²) in [4.78, 5) is 2.47. The van der Waals surface area contributed by atoms with Gasteiger partial charge in [0.25, 0.3) is 0 Å². The number of nitrogens with zero attached hydrogens (tertiary/aromatic N) is 2. The van der Waals surface area contributed by atoms with Crippen LogP contribution in [0.2, 0.25) is 0 Å². The lowest BCUT2D eigenvalue weighted by atomic mass is 9.73. The molecule has 3 aliphatic carbocycles. The Bertz CT molecular complexity index is 2330. The van der Waals surface area contributed by atoms with Gasteiger partial charge in [-0.15, -0.1) is 0 Å². The minimum atomic E-state index is -0.0272. The van der Waals surface area contributed by atoms with E-state index in [-0.39, 0.29) is 10.8 Å². The van der Waals surface area contributed by atoms with E-state index in [0.29, 0.717) is 0 Å². The van der Waals surface area contributed by atoms with E-state index in [4.69, 9.17) is 0 Å². The van der Waals surface area contributed by atoms with E-state index in [1.165, 1.54) is 66.7 Å². The summed E-state index contributed by atoms with van der Waals surface area (Å²) in [5.74, 6) is 0. The summed E-state index contributed by atoms with van der Waals surface area (Å²) in [6.45, 7) is 7.04. The maximum Gasteiger partial charge on any atom is 0.0542 e. The molecule has 222 valence electrons. The van der Waals surface area contributed by atoms with Crippen LogP contribution in [0, 0.1) is 5.41 Å². The summed E-state index contributed by atoms with van der Waals surface area (Å²) in [6.07, 6.45) is 14.8. The molecule has 3 aliphatic rings. The van der Waals surface area contributed by atoms with E-state index in [1.807, 2.05) is 0 Å². The van der Waals surface area contributed by atoms with Crippen LogP contribution in [0.3, 0.4) is 0 Å². The molecular formula is C44H36N2. The number of para-hydroxylation sites is 2. The maximum atomic E-state index is 2.47. The largest absolute Gasteiger partial charge is 0.311 e. The van der Waals surface area contributed by atoms with Gasteiger partial charge in [-0.3, -0.25) is 0 Å². The van der Waals surface area contributed by atoms with Gasteiger partial charge in [0.2, 0.25) is 0 Å². The van der Waals surface area contributed by atoms with Gasteiger partial charge in [0, 0.05) is 44.4 Å². The highest BCUT2D eigenvalue weighted by molar-refractivity contribution is 6.10. The van der Waals surface area contributed by atoms with Gasteiger partial charge in [-0.1, -0.05) is 118 Å². The van der Waals surface area contributed by atoms with Gasteiger partial charge in [-0.2, -0.15) is 0 Å². The van der Waals surface area contributed by atoms with Gasteiger partial charge in [-0.25, -0.2) is 0 Å². The lowest BCUT2D eigenvalue weighted by Crippen LogP contribution is -2.24. The van der Waals surface area contributed by atoms with Crippen molar-refractivity contribution in [2.75, 3.05) is 4.90 Å². The van der Waals surface area contributed by atoms with Gasteiger partial charge >= 0.3 is 0 Å². The molecule has 0 radical (unpaired) electrons. The van der Waals surface area contributed by atoms with Gasteiger partial charge < -0.3 is 9.47 Å². The third kappa shape index (κ3) is 3.89.